The van der Waals surface area contributed by atoms with E-state index in [2.05, 4.69) is 17.1 Å². The zero-order valence-electron chi connectivity index (χ0n) is 16.3. The van der Waals surface area contributed by atoms with Crippen LogP contribution in [0.4, 0.5) is 0 Å². The molecule has 1 unspecified atom stereocenters. The van der Waals surface area contributed by atoms with Gasteiger partial charge in [0.25, 0.3) is 5.91 Å². The molecule has 4 aromatic rings. The Balaban J connectivity index is 1.56. The van der Waals surface area contributed by atoms with Gasteiger partial charge in [-0.3, -0.25) is 4.79 Å². The average Bonchev–Trinajstić information content (AvgIpc) is 3.43. The van der Waals surface area contributed by atoms with E-state index >= 15 is 0 Å². The van der Waals surface area contributed by atoms with Crippen molar-refractivity contribution >= 4 is 28.1 Å². The van der Waals surface area contributed by atoms with Crippen LogP contribution >= 0.6 is 11.3 Å². The molecule has 0 saturated carbocycles. The van der Waals surface area contributed by atoms with Crippen LogP contribution in [0.25, 0.3) is 10.9 Å². The van der Waals surface area contributed by atoms with E-state index < -0.39 is 0 Å². The number of methoxy groups -OCH3 is 1. The van der Waals surface area contributed by atoms with Gasteiger partial charge in [-0.2, -0.15) is 0 Å². The summed E-state index contributed by atoms with van der Waals surface area (Å²) in [6.07, 6.45) is 1.99. The number of carbonyl (C=O) groups excluding carboxylic acids is 1. The van der Waals surface area contributed by atoms with Crippen molar-refractivity contribution in [2.24, 2.45) is 0 Å². The fraction of sp³-hybridized carbons (Fsp3) is 0.174. The Bertz CT molecular complexity index is 1090. The molecule has 0 aliphatic carbocycles. The van der Waals surface area contributed by atoms with Gasteiger partial charge in [-0.05, 0) is 41.8 Å². The van der Waals surface area contributed by atoms with Crippen LogP contribution in [0.15, 0.2) is 72.2 Å². The molecule has 0 spiro atoms. The van der Waals surface area contributed by atoms with Crippen LogP contribution in [-0.2, 0) is 4.79 Å². The average molecular weight is 407 g/mol. The van der Waals surface area contributed by atoms with Gasteiger partial charge in [0.2, 0.25) is 0 Å². The second-order valence-corrected chi connectivity index (χ2v) is 7.66. The number of para-hydroxylation sites is 1. The zero-order chi connectivity index (χ0) is 20.2. The summed E-state index contributed by atoms with van der Waals surface area (Å²) in [5.41, 5.74) is 2.13. The van der Waals surface area contributed by atoms with Crippen LogP contribution in [0.1, 0.15) is 16.5 Å². The summed E-state index contributed by atoms with van der Waals surface area (Å²) >= 11 is 1.64. The van der Waals surface area contributed by atoms with Gasteiger partial charge in [-0.15, -0.1) is 11.3 Å². The Morgan fingerprint density at radius 2 is 1.83 bits per heavy atom. The van der Waals surface area contributed by atoms with E-state index in [1.165, 1.54) is 0 Å². The fourth-order valence-corrected chi connectivity index (χ4v) is 4.27. The highest BCUT2D eigenvalue weighted by Crippen LogP contribution is 2.35. The predicted octanol–water partition coefficient (Wildman–Crippen LogP) is 4.86. The van der Waals surface area contributed by atoms with Crippen LogP contribution in [0.2, 0.25) is 0 Å². The minimum Gasteiger partial charge on any atom is -0.497 e. The van der Waals surface area contributed by atoms with Gasteiger partial charge in [0.1, 0.15) is 11.5 Å². The highest BCUT2D eigenvalue weighted by atomic mass is 32.1. The highest BCUT2D eigenvalue weighted by molar-refractivity contribution is 7.10. The van der Waals surface area contributed by atoms with Crippen LogP contribution < -0.4 is 9.47 Å². The molecule has 1 N–H and O–H groups in total. The quantitative estimate of drug-likeness (QED) is 0.477. The Labute approximate surface area is 173 Å². The van der Waals surface area contributed by atoms with Gasteiger partial charge < -0.3 is 19.4 Å². The molecule has 1 atom stereocenters. The number of carbonyl (C=O) groups is 1. The molecule has 6 heteroatoms. The molecule has 2 aromatic carbocycles. The maximum atomic E-state index is 13.0. The Hall–Kier alpha value is -3.25. The number of hydrogen-bond acceptors (Lipinski definition) is 4. The first kappa shape index (κ1) is 19.1. The molecule has 0 saturated heterocycles. The van der Waals surface area contributed by atoms with Gasteiger partial charge in [0.05, 0.1) is 13.2 Å². The van der Waals surface area contributed by atoms with Gasteiger partial charge in [0, 0.05) is 34.6 Å². The third-order valence-corrected chi connectivity index (χ3v) is 5.86. The van der Waals surface area contributed by atoms with Gasteiger partial charge in [-0.25, -0.2) is 0 Å². The number of nitrogens with one attached hydrogen (secondary N) is 1. The SMILES string of the molecule is COc1ccc(OCC(=O)N(C)C(c2cccs2)c2c[nH]c3ccccc23)cc1. The second kappa shape index (κ2) is 8.41. The molecule has 2 aromatic heterocycles. The molecule has 5 nitrogen and oxygen atoms in total. The molecule has 0 radical (unpaired) electrons. The first-order chi connectivity index (χ1) is 14.2. The van der Waals surface area contributed by atoms with E-state index in [1.807, 2.05) is 55.0 Å². The minimum atomic E-state index is -0.182. The monoisotopic (exact) mass is 406 g/mol. The summed E-state index contributed by atoms with van der Waals surface area (Å²) < 4.78 is 10.9. The van der Waals surface area contributed by atoms with Gasteiger partial charge in [0.15, 0.2) is 6.61 Å². The lowest BCUT2D eigenvalue weighted by atomic mass is 10.0. The van der Waals surface area contributed by atoms with Crippen molar-refractivity contribution in [2.75, 3.05) is 20.8 Å². The molecule has 2 heterocycles. The fourth-order valence-electron chi connectivity index (χ4n) is 3.38. The van der Waals surface area contributed by atoms with Crippen molar-refractivity contribution in [1.29, 1.82) is 0 Å². The first-order valence-corrected chi connectivity index (χ1v) is 10.2. The number of aromatic nitrogens is 1. The number of benzene rings is 2. The number of aromatic amines is 1. The topological polar surface area (TPSA) is 54.6 Å². The van der Waals surface area contributed by atoms with Gasteiger partial charge >= 0.3 is 0 Å². The molecule has 0 bridgehead atoms. The molecule has 0 aliphatic rings. The van der Waals surface area contributed by atoms with E-state index in [4.69, 9.17) is 9.47 Å². The van der Waals surface area contributed by atoms with E-state index in [0.29, 0.717) is 5.75 Å². The van der Waals surface area contributed by atoms with E-state index in [0.717, 1.165) is 27.1 Å². The Kier molecular flexibility index (Phi) is 5.53. The molecule has 0 aliphatic heterocycles. The minimum absolute atomic E-state index is 0.0347. The normalized spacial score (nSPS) is 11.9. The first-order valence-electron chi connectivity index (χ1n) is 9.29. The number of hydrogen-bond donors (Lipinski definition) is 1. The molecular formula is C23H22N2O3S. The number of likely N-dealkylation sites (N-methyl/N-ethyl adjacent to an activating group) is 1. The standard InChI is InChI=1S/C23H22N2O3S/c1-25(22(26)15-28-17-11-9-16(27-2)10-12-17)23(21-8-5-13-29-21)19-14-24-20-7-4-3-6-18(19)20/h3-14,23-24H,15H2,1-2H3. The van der Waals surface area contributed by atoms with Crippen molar-refractivity contribution in [2.45, 2.75) is 6.04 Å². The van der Waals surface area contributed by atoms with Crippen LogP contribution in [0.3, 0.4) is 0 Å². The van der Waals surface area contributed by atoms with Crippen LogP contribution in [0, 0.1) is 0 Å². The third-order valence-electron chi connectivity index (χ3n) is 4.93. The van der Waals surface area contributed by atoms with E-state index in [1.54, 1.807) is 35.5 Å². The highest BCUT2D eigenvalue weighted by Gasteiger charge is 2.27. The number of ether oxygens (including phenoxy) is 2. The molecule has 0 fully saturated rings. The maximum absolute atomic E-state index is 13.0. The number of nitrogens with zero attached hydrogens (tertiary/aromatic N) is 1. The Morgan fingerprint density at radius 3 is 2.55 bits per heavy atom. The molecular weight excluding hydrogens is 384 g/mol. The number of H-pyrrole nitrogens is 1. The van der Waals surface area contributed by atoms with Crippen LogP contribution in [0.5, 0.6) is 11.5 Å². The maximum Gasteiger partial charge on any atom is 0.261 e. The summed E-state index contributed by atoms with van der Waals surface area (Å²) in [7, 11) is 3.44. The number of rotatable bonds is 7. The third kappa shape index (κ3) is 3.98. The van der Waals surface area contributed by atoms with Crippen molar-refractivity contribution in [3.05, 3.63) is 82.7 Å². The lowest BCUT2D eigenvalue weighted by Gasteiger charge is -2.27. The van der Waals surface area contributed by atoms with Crippen molar-refractivity contribution in [1.82, 2.24) is 9.88 Å². The van der Waals surface area contributed by atoms with E-state index in [9.17, 15) is 4.79 Å². The van der Waals surface area contributed by atoms with Crippen molar-refractivity contribution in [3.8, 4) is 11.5 Å². The molecule has 29 heavy (non-hydrogen) atoms. The summed E-state index contributed by atoms with van der Waals surface area (Å²) in [5.74, 6) is 1.29. The lowest BCUT2D eigenvalue weighted by Crippen LogP contribution is -2.35. The lowest BCUT2D eigenvalue weighted by molar-refractivity contribution is -0.133. The van der Waals surface area contributed by atoms with Crippen molar-refractivity contribution in [3.63, 3.8) is 0 Å². The molecule has 4 rings (SSSR count). The molecule has 1 amide bonds. The van der Waals surface area contributed by atoms with Gasteiger partial charge in [-0.1, -0.05) is 24.3 Å². The predicted molar refractivity (Wildman–Crippen MR) is 116 cm³/mol. The number of amides is 1. The zero-order valence-corrected chi connectivity index (χ0v) is 17.1. The second-order valence-electron chi connectivity index (χ2n) is 6.68. The summed E-state index contributed by atoms with van der Waals surface area (Å²) in [4.78, 5) is 19.2. The van der Waals surface area contributed by atoms with Crippen molar-refractivity contribution < 1.29 is 14.3 Å². The summed E-state index contributed by atoms with van der Waals surface area (Å²) in [6.45, 7) is -0.0347. The molecule has 148 valence electrons. The summed E-state index contributed by atoms with van der Waals surface area (Å²) in [6, 6.07) is 19.2. The Morgan fingerprint density at radius 1 is 1.07 bits per heavy atom. The smallest absolute Gasteiger partial charge is 0.261 e. The number of fused-ring (bicyclic) bond motifs is 1. The number of thiophene rings is 1. The van der Waals surface area contributed by atoms with E-state index in [-0.39, 0.29) is 18.6 Å². The summed E-state index contributed by atoms with van der Waals surface area (Å²) in [5, 5.41) is 3.14. The van der Waals surface area contributed by atoms with Crippen LogP contribution in [-0.4, -0.2) is 36.6 Å². The largest absolute Gasteiger partial charge is 0.497 e.